The molecule has 2 aromatic rings. The first-order chi connectivity index (χ1) is 9.63. The van der Waals surface area contributed by atoms with Crippen LogP contribution in [0.4, 0.5) is 5.69 Å². The van der Waals surface area contributed by atoms with Crippen molar-refractivity contribution in [3.8, 4) is 11.5 Å². The summed E-state index contributed by atoms with van der Waals surface area (Å²) in [5.41, 5.74) is 0.849. The van der Waals surface area contributed by atoms with E-state index in [9.17, 15) is 4.79 Å². The van der Waals surface area contributed by atoms with E-state index in [4.69, 9.17) is 21.1 Å². The number of hydrogen-bond donors (Lipinski definition) is 1. The topological polar surface area (TPSA) is 60.5 Å². The Morgan fingerprint density at radius 3 is 2.40 bits per heavy atom. The van der Waals surface area contributed by atoms with Crippen LogP contribution in [0.1, 0.15) is 10.4 Å². The van der Waals surface area contributed by atoms with Gasteiger partial charge in [-0.15, -0.1) is 0 Å². The highest BCUT2D eigenvalue weighted by Crippen LogP contribution is 2.24. The van der Waals surface area contributed by atoms with Gasteiger partial charge in [0, 0.05) is 17.8 Å². The van der Waals surface area contributed by atoms with Crippen molar-refractivity contribution in [2.24, 2.45) is 0 Å². The number of nitrogens with one attached hydrogen (secondary N) is 1. The van der Waals surface area contributed by atoms with E-state index in [1.54, 1.807) is 36.5 Å². The number of amides is 1. The molecule has 1 heterocycles. The average molecular weight is 293 g/mol. The standard InChI is InChI=1S/C14H13ClN2O3/c1-19-10-6-9(7-11(8-10)20-2)14(18)17-12-4-3-5-16-13(12)15/h3-8H,1-2H3,(H,17,18). The molecule has 1 N–H and O–H groups in total. The highest BCUT2D eigenvalue weighted by atomic mass is 35.5. The van der Waals surface area contributed by atoms with Crippen molar-refractivity contribution >= 4 is 23.2 Å². The Morgan fingerprint density at radius 1 is 1.20 bits per heavy atom. The lowest BCUT2D eigenvalue weighted by molar-refractivity contribution is 0.102. The van der Waals surface area contributed by atoms with Crippen LogP contribution in [0.15, 0.2) is 36.5 Å². The fourth-order valence-corrected chi connectivity index (χ4v) is 1.78. The smallest absolute Gasteiger partial charge is 0.256 e. The van der Waals surface area contributed by atoms with Crippen LogP contribution in [0.3, 0.4) is 0 Å². The molecule has 0 unspecified atom stereocenters. The van der Waals surface area contributed by atoms with Gasteiger partial charge in [0.25, 0.3) is 5.91 Å². The molecule has 0 aliphatic carbocycles. The van der Waals surface area contributed by atoms with Crippen LogP contribution in [0.2, 0.25) is 5.15 Å². The molecule has 1 amide bonds. The van der Waals surface area contributed by atoms with Crippen molar-refractivity contribution in [3.05, 3.63) is 47.2 Å². The predicted molar refractivity (Wildman–Crippen MR) is 76.7 cm³/mol. The lowest BCUT2D eigenvalue weighted by Crippen LogP contribution is -2.12. The highest BCUT2D eigenvalue weighted by molar-refractivity contribution is 6.32. The Labute approximate surface area is 121 Å². The summed E-state index contributed by atoms with van der Waals surface area (Å²) in [7, 11) is 3.04. The molecule has 0 aliphatic heterocycles. The Hall–Kier alpha value is -2.27. The van der Waals surface area contributed by atoms with Crippen molar-refractivity contribution in [2.45, 2.75) is 0 Å². The minimum Gasteiger partial charge on any atom is -0.497 e. The van der Waals surface area contributed by atoms with Gasteiger partial charge < -0.3 is 14.8 Å². The molecule has 104 valence electrons. The number of halogens is 1. The van der Waals surface area contributed by atoms with Gasteiger partial charge in [0.15, 0.2) is 5.15 Å². The fourth-order valence-electron chi connectivity index (χ4n) is 1.61. The summed E-state index contributed by atoms with van der Waals surface area (Å²) in [6.07, 6.45) is 1.55. The maximum atomic E-state index is 12.2. The molecule has 0 fully saturated rings. The van der Waals surface area contributed by atoms with Gasteiger partial charge in [-0.05, 0) is 24.3 Å². The molecule has 0 saturated carbocycles. The molecule has 1 aromatic heterocycles. The van der Waals surface area contributed by atoms with E-state index in [0.29, 0.717) is 22.7 Å². The second kappa shape index (κ2) is 6.25. The summed E-state index contributed by atoms with van der Waals surface area (Å²) in [5, 5.41) is 2.92. The van der Waals surface area contributed by atoms with E-state index < -0.39 is 0 Å². The number of carbonyl (C=O) groups excluding carboxylic acids is 1. The van der Waals surface area contributed by atoms with Crippen LogP contribution < -0.4 is 14.8 Å². The van der Waals surface area contributed by atoms with Crippen LogP contribution in [0.5, 0.6) is 11.5 Å². The van der Waals surface area contributed by atoms with Crippen molar-refractivity contribution in [2.75, 3.05) is 19.5 Å². The first-order valence-electron chi connectivity index (χ1n) is 5.79. The number of pyridine rings is 1. The summed E-state index contributed by atoms with van der Waals surface area (Å²) < 4.78 is 10.2. The third kappa shape index (κ3) is 3.19. The molecule has 0 atom stereocenters. The second-order valence-corrected chi connectivity index (χ2v) is 4.26. The molecule has 5 nitrogen and oxygen atoms in total. The van der Waals surface area contributed by atoms with Gasteiger partial charge in [-0.2, -0.15) is 0 Å². The van der Waals surface area contributed by atoms with Gasteiger partial charge in [0.05, 0.1) is 19.9 Å². The maximum absolute atomic E-state index is 12.2. The zero-order valence-electron chi connectivity index (χ0n) is 11.0. The summed E-state index contributed by atoms with van der Waals surface area (Å²) in [6.45, 7) is 0. The van der Waals surface area contributed by atoms with Crippen molar-refractivity contribution in [1.82, 2.24) is 4.98 Å². The Balaban J connectivity index is 2.27. The van der Waals surface area contributed by atoms with Crippen molar-refractivity contribution in [3.63, 3.8) is 0 Å². The van der Waals surface area contributed by atoms with E-state index in [2.05, 4.69) is 10.3 Å². The number of anilines is 1. The molecule has 0 bridgehead atoms. The Bertz CT molecular complexity index is 609. The summed E-state index contributed by atoms with van der Waals surface area (Å²) in [6, 6.07) is 8.27. The molecule has 6 heteroatoms. The van der Waals surface area contributed by atoms with E-state index in [1.165, 1.54) is 14.2 Å². The van der Waals surface area contributed by atoms with Crippen molar-refractivity contribution in [1.29, 1.82) is 0 Å². The zero-order valence-corrected chi connectivity index (χ0v) is 11.8. The predicted octanol–water partition coefficient (Wildman–Crippen LogP) is 3.00. The monoisotopic (exact) mass is 292 g/mol. The van der Waals surface area contributed by atoms with Gasteiger partial charge in [-0.1, -0.05) is 11.6 Å². The lowest BCUT2D eigenvalue weighted by atomic mass is 10.2. The fraction of sp³-hybridized carbons (Fsp3) is 0.143. The van der Waals surface area contributed by atoms with E-state index >= 15 is 0 Å². The molecule has 0 aliphatic rings. The molecule has 0 radical (unpaired) electrons. The summed E-state index contributed by atoms with van der Waals surface area (Å²) in [4.78, 5) is 16.1. The minimum absolute atomic E-state index is 0.232. The largest absolute Gasteiger partial charge is 0.497 e. The maximum Gasteiger partial charge on any atom is 0.256 e. The van der Waals surface area contributed by atoms with Crippen LogP contribution in [0, 0.1) is 0 Å². The van der Waals surface area contributed by atoms with E-state index in [-0.39, 0.29) is 11.1 Å². The molecule has 0 saturated heterocycles. The molecule has 1 aromatic carbocycles. The second-order valence-electron chi connectivity index (χ2n) is 3.90. The van der Waals surface area contributed by atoms with Crippen LogP contribution in [-0.2, 0) is 0 Å². The number of rotatable bonds is 4. The lowest BCUT2D eigenvalue weighted by Gasteiger charge is -2.09. The average Bonchev–Trinajstić information content (AvgIpc) is 2.48. The molecule has 0 spiro atoms. The third-order valence-corrected chi connectivity index (χ3v) is 2.92. The summed E-state index contributed by atoms with van der Waals surface area (Å²) >= 11 is 5.90. The highest BCUT2D eigenvalue weighted by Gasteiger charge is 2.11. The van der Waals surface area contributed by atoms with Crippen molar-refractivity contribution < 1.29 is 14.3 Å². The number of aromatic nitrogens is 1. The van der Waals surface area contributed by atoms with Crippen LogP contribution in [0.25, 0.3) is 0 Å². The molecule has 20 heavy (non-hydrogen) atoms. The SMILES string of the molecule is COc1cc(OC)cc(C(=O)Nc2cccnc2Cl)c1. The number of carbonyl (C=O) groups is 1. The minimum atomic E-state index is -0.322. The number of ether oxygens (including phenoxy) is 2. The van der Waals surface area contributed by atoms with Gasteiger partial charge >= 0.3 is 0 Å². The van der Waals surface area contributed by atoms with Gasteiger partial charge in [0.1, 0.15) is 11.5 Å². The van der Waals surface area contributed by atoms with Crippen LogP contribution in [-0.4, -0.2) is 25.1 Å². The van der Waals surface area contributed by atoms with Gasteiger partial charge in [0.2, 0.25) is 0 Å². The normalized spacial score (nSPS) is 9.95. The van der Waals surface area contributed by atoms with E-state index in [1.807, 2.05) is 0 Å². The number of nitrogens with zero attached hydrogens (tertiary/aromatic N) is 1. The number of benzene rings is 1. The molecular weight excluding hydrogens is 280 g/mol. The number of hydrogen-bond acceptors (Lipinski definition) is 4. The summed E-state index contributed by atoms with van der Waals surface area (Å²) in [5.74, 6) is 0.746. The molecule has 2 rings (SSSR count). The number of methoxy groups -OCH3 is 2. The third-order valence-electron chi connectivity index (χ3n) is 2.62. The van der Waals surface area contributed by atoms with E-state index in [0.717, 1.165) is 0 Å². The first kappa shape index (κ1) is 14.1. The Kier molecular flexibility index (Phi) is 4.42. The van der Waals surface area contributed by atoms with Crippen LogP contribution >= 0.6 is 11.6 Å². The quantitative estimate of drug-likeness (QED) is 0.880. The molecular formula is C14H13ClN2O3. The first-order valence-corrected chi connectivity index (χ1v) is 6.17. The zero-order chi connectivity index (χ0) is 14.5. The van der Waals surface area contributed by atoms with Gasteiger partial charge in [-0.3, -0.25) is 4.79 Å². The van der Waals surface area contributed by atoms with Gasteiger partial charge in [-0.25, -0.2) is 4.98 Å². The Morgan fingerprint density at radius 2 is 1.85 bits per heavy atom.